The van der Waals surface area contributed by atoms with Crippen molar-refractivity contribution in [2.45, 2.75) is 18.7 Å². The van der Waals surface area contributed by atoms with Crippen LogP contribution in [0, 0.1) is 0 Å². The number of benzene rings is 2. The largest absolute Gasteiger partial charge is 0.495 e. The van der Waals surface area contributed by atoms with Gasteiger partial charge in [-0.25, -0.2) is 13.1 Å². The Morgan fingerprint density at radius 1 is 1.08 bits per heavy atom. The third kappa shape index (κ3) is 4.74. The van der Waals surface area contributed by atoms with Crippen LogP contribution in [0.4, 0.5) is 5.69 Å². The minimum atomic E-state index is -3.77. The van der Waals surface area contributed by atoms with E-state index in [2.05, 4.69) is 10.0 Å². The summed E-state index contributed by atoms with van der Waals surface area (Å²) in [5, 5.41) is 2.73. The summed E-state index contributed by atoms with van der Waals surface area (Å²) in [6, 6.07) is 11.2. The number of methoxy groups -OCH3 is 1. The lowest BCUT2D eigenvalue weighted by atomic mass is 10.2. The molecule has 0 heterocycles. The Morgan fingerprint density at radius 2 is 1.77 bits per heavy atom. The molecule has 2 rings (SSSR count). The van der Waals surface area contributed by atoms with Crippen LogP contribution in [0.2, 0.25) is 0 Å². The maximum absolute atomic E-state index is 12.5. The third-order valence-corrected chi connectivity index (χ3v) is 5.04. The molecule has 2 N–H and O–H groups in total. The van der Waals surface area contributed by atoms with Gasteiger partial charge in [0.15, 0.2) is 0 Å². The fourth-order valence-corrected chi connectivity index (χ4v) is 3.53. The SMILES string of the molecule is CCNS(=O)(=O)c1cc(C(=O)Nc2ccc(OCC)cc2)ccc1OC. The Labute approximate surface area is 153 Å². The molecule has 1 amide bonds. The summed E-state index contributed by atoms with van der Waals surface area (Å²) in [5.41, 5.74) is 0.779. The van der Waals surface area contributed by atoms with Crippen molar-refractivity contribution in [1.29, 1.82) is 0 Å². The zero-order valence-corrected chi connectivity index (χ0v) is 15.7. The number of amides is 1. The highest BCUT2D eigenvalue weighted by Crippen LogP contribution is 2.25. The second-order valence-electron chi connectivity index (χ2n) is 5.28. The van der Waals surface area contributed by atoms with E-state index in [0.717, 1.165) is 0 Å². The monoisotopic (exact) mass is 378 g/mol. The van der Waals surface area contributed by atoms with E-state index in [1.165, 1.54) is 25.3 Å². The predicted octanol–water partition coefficient (Wildman–Crippen LogP) is 2.64. The van der Waals surface area contributed by atoms with E-state index in [-0.39, 0.29) is 22.8 Å². The van der Waals surface area contributed by atoms with Gasteiger partial charge in [-0.3, -0.25) is 4.79 Å². The summed E-state index contributed by atoms with van der Waals surface area (Å²) in [6.07, 6.45) is 0. The van der Waals surface area contributed by atoms with E-state index in [1.54, 1.807) is 31.2 Å². The summed E-state index contributed by atoms with van der Waals surface area (Å²) in [5.74, 6) is 0.447. The molecule has 2 aromatic carbocycles. The summed E-state index contributed by atoms with van der Waals surface area (Å²) < 4.78 is 37.5. The third-order valence-electron chi connectivity index (χ3n) is 3.47. The molecule has 0 aliphatic rings. The number of sulfonamides is 1. The first-order chi connectivity index (χ1) is 12.4. The second-order valence-corrected chi connectivity index (χ2v) is 7.01. The molecule has 7 nitrogen and oxygen atoms in total. The van der Waals surface area contributed by atoms with Gasteiger partial charge in [0.1, 0.15) is 16.4 Å². The first-order valence-corrected chi connectivity index (χ1v) is 9.61. The first-order valence-electron chi connectivity index (χ1n) is 8.13. The minimum absolute atomic E-state index is 0.0822. The van der Waals surface area contributed by atoms with Gasteiger partial charge in [-0.15, -0.1) is 0 Å². The highest BCUT2D eigenvalue weighted by molar-refractivity contribution is 7.89. The van der Waals surface area contributed by atoms with Crippen molar-refractivity contribution in [1.82, 2.24) is 4.72 Å². The van der Waals surface area contributed by atoms with Gasteiger partial charge in [0.2, 0.25) is 10.0 Å². The van der Waals surface area contributed by atoms with Crippen LogP contribution in [0.1, 0.15) is 24.2 Å². The molecule has 0 spiro atoms. The molecule has 0 fully saturated rings. The van der Waals surface area contributed by atoms with Crippen LogP contribution in [-0.4, -0.2) is 34.6 Å². The molecule has 8 heteroatoms. The Bertz CT molecular complexity index is 864. The zero-order chi connectivity index (χ0) is 19.2. The van der Waals surface area contributed by atoms with Gasteiger partial charge in [0.05, 0.1) is 13.7 Å². The molecule has 0 unspecified atom stereocenters. The highest BCUT2D eigenvalue weighted by Gasteiger charge is 2.21. The van der Waals surface area contributed by atoms with Crippen LogP contribution >= 0.6 is 0 Å². The van der Waals surface area contributed by atoms with Crippen molar-refractivity contribution in [3.63, 3.8) is 0 Å². The lowest BCUT2D eigenvalue weighted by Crippen LogP contribution is -2.24. The van der Waals surface area contributed by atoms with E-state index in [4.69, 9.17) is 9.47 Å². The van der Waals surface area contributed by atoms with E-state index >= 15 is 0 Å². The summed E-state index contributed by atoms with van der Waals surface area (Å²) in [4.78, 5) is 12.4. The van der Waals surface area contributed by atoms with Crippen molar-refractivity contribution < 1.29 is 22.7 Å². The smallest absolute Gasteiger partial charge is 0.255 e. The number of carbonyl (C=O) groups is 1. The van der Waals surface area contributed by atoms with Crippen LogP contribution in [0.3, 0.4) is 0 Å². The lowest BCUT2D eigenvalue weighted by Gasteiger charge is -2.12. The van der Waals surface area contributed by atoms with Crippen LogP contribution in [0.25, 0.3) is 0 Å². The number of nitrogens with one attached hydrogen (secondary N) is 2. The van der Waals surface area contributed by atoms with E-state index < -0.39 is 15.9 Å². The molecule has 0 aliphatic carbocycles. The Balaban J connectivity index is 2.26. The average molecular weight is 378 g/mol. The molecule has 0 saturated carbocycles. The quantitative estimate of drug-likeness (QED) is 0.736. The van der Waals surface area contributed by atoms with Gasteiger partial charge in [0.25, 0.3) is 5.91 Å². The van der Waals surface area contributed by atoms with Crippen LogP contribution in [-0.2, 0) is 10.0 Å². The van der Waals surface area contributed by atoms with E-state index in [0.29, 0.717) is 18.0 Å². The van der Waals surface area contributed by atoms with Gasteiger partial charge >= 0.3 is 0 Å². The Hall–Kier alpha value is -2.58. The Morgan fingerprint density at radius 3 is 2.35 bits per heavy atom. The zero-order valence-electron chi connectivity index (χ0n) is 14.9. The molecule has 2 aromatic rings. The van der Waals surface area contributed by atoms with Crippen LogP contribution < -0.4 is 19.5 Å². The second kappa shape index (κ2) is 8.68. The minimum Gasteiger partial charge on any atom is -0.495 e. The number of hydrogen-bond acceptors (Lipinski definition) is 5. The van der Waals surface area contributed by atoms with Crippen molar-refractivity contribution in [2.24, 2.45) is 0 Å². The van der Waals surface area contributed by atoms with Gasteiger partial charge in [-0.1, -0.05) is 6.92 Å². The summed E-state index contributed by atoms with van der Waals surface area (Å²) in [7, 11) is -2.39. The molecule has 0 radical (unpaired) electrons. The van der Waals surface area contributed by atoms with Gasteiger partial charge in [-0.05, 0) is 49.4 Å². The Kier molecular flexibility index (Phi) is 6.59. The normalized spacial score (nSPS) is 11.0. The molecule has 0 aromatic heterocycles. The lowest BCUT2D eigenvalue weighted by molar-refractivity contribution is 0.102. The van der Waals surface area contributed by atoms with E-state index in [1.807, 2.05) is 6.92 Å². The molecular weight excluding hydrogens is 356 g/mol. The van der Waals surface area contributed by atoms with Gasteiger partial charge in [0, 0.05) is 17.8 Å². The van der Waals surface area contributed by atoms with Gasteiger partial charge < -0.3 is 14.8 Å². The fraction of sp³-hybridized carbons (Fsp3) is 0.278. The maximum atomic E-state index is 12.5. The van der Waals surface area contributed by atoms with Gasteiger partial charge in [-0.2, -0.15) is 0 Å². The van der Waals surface area contributed by atoms with Crippen LogP contribution in [0.5, 0.6) is 11.5 Å². The molecule has 0 aliphatic heterocycles. The summed E-state index contributed by atoms with van der Waals surface area (Å²) >= 11 is 0. The average Bonchev–Trinajstić information content (AvgIpc) is 2.63. The van der Waals surface area contributed by atoms with Crippen molar-refractivity contribution in [3.05, 3.63) is 48.0 Å². The first kappa shape index (κ1) is 19.7. The number of rotatable bonds is 8. The molecular formula is C18H22N2O5S. The fourth-order valence-electron chi connectivity index (χ4n) is 2.30. The molecule has 26 heavy (non-hydrogen) atoms. The van der Waals surface area contributed by atoms with Crippen molar-refractivity contribution >= 4 is 21.6 Å². The number of anilines is 1. The number of ether oxygens (including phenoxy) is 2. The molecule has 0 saturated heterocycles. The summed E-state index contributed by atoms with van der Waals surface area (Å²) in [6.45, 7) is 4.35. The topological polar surface area (TPSA) is 93.7 Å². The molecule has 0 atom stereocenters. The highest BCUT2D eigenvalue weighted by atomic mass is 32.2. The van der Waals surface area contributed by atoms with Crippen molar-refractivity contribution in [3.8, 4) is 11.5 Å². The predicted molar refractivity (Wildman–Crippen MR) is 99.4 cm³/mol. The number of hydrogen-bond donors (Lipinski definition) is 2. The standard InChI is InChI=1S/C18H22N2O5S/c1-4-19-26(22,23)17-12-13(6-11-16(17)24-3)18(21)20-14-7-9-15(10-8-14)25-5-2/h6-12,19H,4-5H2,1-3H3,(H,20,21). The maximum Gasteiger partial charge on any atom is 0.255 e. The molecule has 0 bridgehead atoms. The molecule has 140 valence electrons. The van der Waals surface area contributed by atoms with Crippen molar-refractivity contribution in [2.75, 3.05) is 25.6 Å². The van der Waals surface area contributed by atoms with E-state index in [9.17, 15) is 13.2 Å². The van der Waals surface area contributed by atoms with Crippen LogP contribution in [0.15, 0.2) is 47.4 Å². The number of carbonyl (C=O) groups excluding carboxylic acids is 1.